The van der Waals surface area contributed by atoms with E-state index in [-0.39, 0.29) is 40.7 Å². The molecule has 1 aliphatic rings. The smallest absolute Gasteiger partial charge is 0.446 e. The Morgan fingerprint density at radius 3 is 1.79 bits per heavy atom. The van der Waals surface area contributed by atoms with Crippen LogP contribution in [0.15, 0.2) is 65.8 Å². The number of carboxylic acids is 3. The number of rotatable bonds is 7. The van der Waals surface area contributed by atoms with Gasteiger partial charge in [0.05, 0.1) is 0 Å². The third-order valence-corrected chi connectivity index (χ3v) is 5.10. The molecule has 2 aromatic rings. The highest BCUT2D eigenvalue weighted by Crippen LogP contribution is 2.35. The second-order valence-electron chi connectivity index (χ2n) is 6.96. The number of allylic oxidation sites excluding steroid dienone is 4. The van der Waals surface area contributed by atoms with Crippen LogP contribution in [0.4, 0.5) is 0 Å². The predicted molar refractivity (Wildman–Crippen MR) is 132 cm³/mol. The molecule has 16 heteroatoms. The summed E-state index contributed by atoms with van der Waals surface area (Å²) in [6.07, 6.45) is 3.17. The number of aromatic carboxylic acids is 2. The number of hydrogen-bond acceptors (Lipinski definition) is 11. The van der Waals surface area contributed by atoms with Crippen molar-refractivity contribution < 1.29 is 56.8 Å². The molecule has 0 saturated heterocycles. The number of ketones is 1. The van der Waals surface area contributed by atoms with E-state index in [2.05, 4.69) is 4.18 Å². The van der Waals surface area contributed by atoms with E-state index in [1.165, 1.54) is 18.2 Å². The summed E-state index contributed by atoms with van der Waals surface area (Å²) in [4.78, 5) is 46.7. The van der Waals surface area contributed by atoms with Crippen molar-refractivity contribution in [1.82, 2.24) is 18.5 Å². The van der Waals surface area contributed by atoms with Gasteiger partial charge in [-0.15, -0.1) is 0 Å². The Morgan fingerprint density at radius 1 is 0.763 bits per heavy atom. The Morgan fingerprint density at radius 2 is 1.29 bits per heavy atom. The molecule has 3 rings (SSSR count). The lowest BCUT2D eigenvalue weighted by Crippen LogP contribution is -2.13. The Hall–Kier alpha value is -4.87. The van der Waals surface area contributed by atoms with Gasteiger partial charge in [-0.3, -0.25) is 9.35 Å². The van der Waals surface area contributed by atoms with Gasteiger partial charge < -0.3 is 43.1 Å². The molecule has 0 spiro atoms. The average molecular weight is 554 g/mol. The first-order valence-corrected chi connectivity index (χ1v) is 10.7. The minimum absolute atomic E-state index is 0. The highest BCUT2D eigenvalue weighted by atomic mass is 32.3. The van der Waals surface area contributed by atoms with Crippen LogP contribution in [0.1, 0.15) is 31.8 Å². The monoisotopic (exact) mass is 553 g/mol. The first-order chi connectivity index (χ1) is 16.3. The molecule has 0 bridgehead atoms. The van der Waals surface area contributed by atoms with E-state index >= 15 is 0 Å². The lowest BCUT2D eigenvalue weighted by atomic mass is 9.87. The summed E-state index contributed by atoms with van der Waals surface area (Å²) in [5.74, 6) is -6.82. The molecule has 0 amide bonds. The maximum Gasteiger partial charge on any atom is 0.446 e. The highest BCUT2D eigenvalue weighted by molar-refractivity contribution is 7.81. The van der Waals surface area contributed by atoms with Crippen LogP contribution in [-0.2, 0) is 20.0 Å². The van der Waals surface area contributed by atoms with Crippen molar-refractivity contribution in [3.05, 3.63) is 88.0 Å². The topological polar surface area (TPSA) is 318 Å². The molecule has 0 atom stereocenters. The molecule has 14 N–H and O–H groups in total. The van der Waals surface area contributed by atoms with E-state index in [1.807, 2.05) is 0 Å². The molecule has 1 aliphatic carbocycles. The Balaban J connectivity index is 0.00000456. The van der Waals surface area contributed by atoms with E-state index in [0.717, 1.165) is 36.4 Å². The third kappa shape index (κ3) is 7.09. The molecular formula is C22H23N3O12S. The van der Waals surface area contributed by atoms with Crippen LogP contribution in [0, 0.1) is 0 Å². The molecule has 0 heterocycles. The average Bonchev–Trinajstić information content (AvgIpc) is 2.75. The molecule has 0 radical (unpaired) electrons. The van der Waals surface area contributed by atoms with Crippen LogP contribution < -0.4 is 22.6 Å². The van der Waals surface area contributed by atoms with Crippen molar-refractivity contribution in [2.75, 3.05) is 0 Å². The third-order valence-electron chi connectivity index (χ3n) is 4.71. The summed E-state index contributed by atoms with van der Waals surface area (Å²) in [6, 6.07) is 6.38. The van der Waals surface area contributed by atoms with Crippen molar-refractivity contribution in [3.8, 4) is 11.5 Å². The van der Waals surface area contributed by atoms with Gasteiger partial charge in [0.1, 0.15) is 22.4 Å². The van der Waals surface area contributed by atoms with Gasteiger partial charge in [0.15, 0.2) is 11.5 Å². The number of phenols is 1. The van der Waals surface area contributed by atoms with Gasteiger partial charge in [-0.2, -0.15) is 8.42 Å². The quantitative estimate of drug-likeness (QED) is 0.180. The van der Waals surface area contributed by atoms with Crippen LogP contribution in [0.2, 0.25) is 0 Å². The van der Waals surface area contributed by atoms with Gasteiger partial charge in [0.25, 0.3) is 0 Å². The molecule has 0 aliphatic heterocycles. The summed E-state index contributed by atoms with van der Waals surface area (Å²) in [5.41, 5.74) is -1.67. The predicted octanol–water partition coefficient (Wildman–Crippen LogP) is 2.41. The first kappa shape index (κ1) is 33.1. The molecule has 38 heavy (non-hydrogen) atoms. The van der Waals surface area contributed by atoms with E-state index in [4.69, 9.17) is 4.55 Å². The number of aromatic hydroxyl groups is 1. The van der Waals surface area contributed by atoms with Crippen molar-refractivity contribution in [3.63, 3.8) is 0 Å². The molecule has 15 nitrogen and oxygen atoms in total. The maximum absolute atomic E-state index is 11.9. The van der Waals surface area contributed by atoms with Crippen molar-refractivity contribution in [2.24, 2.45) is 0 Å². The fourth-order valence-corrected chi connectivity index (χ4v) is 3.63. The van der Waals surface area contributed by atoms with Crippen molar-refractivity contribution in [1.29, 1.82) is 0 Å². The van der Waals surface area contributed by atoms with Crippen molar-refractivity contribution >= 4 is 39.7 Å². The van der Waals surface area contributed by atoms with Crippen LogP contribution in [0.3, 0.4) is 0 Å². The van der Waals surface area contributed by atoms with Crippen LogP contribution in [-0.4, -0.2) is 57.1 Å². The zero-order valence-corrected chi connectivity index (χ0v) is 20.1. The lowest BCUT2D eigenvalue weighted by Gasteiger charge is -2.17. The van der Waals surface area contributed by atoms with E-state index < -0.39 is 62.3 Å². The molecule has 204 valence electrons. The van der Waals surface area contributed by atoms with E-state index in [1.54, 1.807) is 0 Å². The number of benzene rings is 2. The highest BCUT2D eigenvalue weighted by Gasteiger charge is 2.24. The van der Waals surface area contributed by atoms with Gasteiger partial charge in [-0.25, -0.2) is 14.4 Å². The van der Waals surface area contributed by atoms with E-state index in [9.17, 15) is 48.0 Å². The number of carbonyl (C=O) groups excluding carboxylic acids is 1. The zero-order chi connectivity index (χ0) is 26.1. The van der Waals surface area contributed by atoms with Gasteiger partial charge >= 0.3 is 28.3 Å². The summed E-state index contributed by atoms with van der Waals surface area (Å²) in [7, 11) is -5.07. The standard InChI is InChI=1S/C22H14O12S.3H3N/c23-16-4-1-10(7-13(16)20(25)26)19(11-2-5-17(24)14(8-11)21(27)28)12-3-6-18(34-35(31,32)33)15(9-12)22(29)30;;;/h1-9,23H,(H,25,26)(H,27,28)(H,29,30)(H,31,32,33);3*1H3/b19-11-;;;. The Labute approximate surface area is 214 Å². The number of aliphatic carboxylic acids is 1. The summed E-state index contributed by atoms with van der Waals surface area (Å²) < 4.78 is 35.3. The fraction of sp³-hybridized carbons (Fsp3) is 0. The van der Waals surface area contributed by atoms with Crippen LogP contribution >= 0.6 is 0 Å². The van der Waals surface area contributed by atoms with Crippen molar-refractivity contribution in [2.45, 2.75) is 0 Å². The largest absolute Gasteiger partial charge is 0.507 e. The van der Waals surface area contributed by atoms with Crippen LogP contribution in [0.5, 0.6) is 11.5 Å². The van der Waals surface area contributed by atoms with Gasteiger partial charge in [0, 0.05) is 0 Å². The molecule has 0 aromatic heterocycles. The minimum Gasteiger partial charge on any atom is -0.507 e. The van der Waals surface area contributed by atoms with Gasteiger partial charge in [0.2, 0.25) is 0 Å². The summed E-state index contributed by atoms with van der Waals surface area (Å²) in [6.45, 7) is 0. The minimum atomic E-state index is -5.07. The number of carbonyl (C=O) groups is 4. The van der Waals surface area contributed by atoms with Gasteiger partial charge in [-0.1, -0.05) is 18.2 Å². The van der Waals surface area contributed by atoms with Crippen LogP contribution in [0.25, 0.3) is 5.57 Å². The maximum atomic E-state index is 11.9. The normalized spacial score (nSPS) is 13.6. The summed E-state index contributed by atoms with van der Waals surface area (Å²) in [5, 5.41) is 38.1. The fourth-order valence-electron chi connectivity index (χ4n) is 3.25. The molecule has 0 unspecified atom stereocenters. The molecular weight excluding hydrogens is 530 g/mol. The molecule has 2 aromatic carbocycles. The zero-order valence-electron chi connectivity index (χ0n) is 19.3. The summed E-state index contributed by atoms with van der Waals surface area (Å²) >= 11 is 0. The first-order valence-electron chi connectivity index (χ1n) is 9.31. The van der Waals surface area contributed by atoms with Gasteiger partial charge in [-0.05, 0) is 58.7 Å². The SMILES string of the molecule is N.N.N.O=C(O)C1=C/C(=C(/c2ccc(O)c(C(=O)O)c2)c2ccc(OS(=O)(=O)O)c(C(=O)O)c2)C=CC1=O. The number of carboxylic acid groups (broad SMARTS) is 3. The second-order valence-corrected chi connectivity index (χ2v) is 7.98. The second kappa shape index (κ2) is 12.4. The number of hydrogen-bond donors (Lipinski definition) is 8. The van der Waals surface area contributed by atoms with E-state index in [0.29, 0.717) is 0 Å². The Kier molecular flexibility index (Phi) is 10.8. The lowest BCUT2D eigenvalue weighted by molar-refractivity contribution is -0.134. The molecule has 0 saturated carbocycles. The molecule has 0 fully saturated rings. The Bertz CT molecular complexity index is 1510.